The standard InChI is InChI=1S/C31H33FN4O3/c1-3-39-30(37)29(24-8-5-4-6-9-24)34-18-16-33(17-19-34)27-12-14-28(15-13-27)36-21-20-35(31(36)38)23(2)25-10-7-11-26(32)22-25/h4-15,20-23,29H,3,16-19H2,1-2H3. The maximum Gasteiger partial charge on any atom is 0.333 e. The lowest BCUT2D eigenvalue weighted by Gasteiger charge is -2.39. The molecule has 0 saturated carbocycles. The lowest BCUT2D eigenvalue weighted by molar-refractivity contribution is -0.150. The number of nitrogens with zero attached hydrogens (tertiary/aromatic N) is 4. The van der Waals surface area contributed by atoms with Gasteiger partial charge in [-0.3, -0.25) is 14.0 Å². The summed E-state index contributed by atoms with van der Waals surface area (Å²) in [4.78, 5) is 30.4. The van der Waals surface area contributed by atoms with E-state index in [4.69, 9.17) is 4.74 Å². The van der Waals surface area contributed by atoms with Crippen molar-refractivity contribution in [3.8, 4) is 5.69 Å². The van der Waals surface area contributed by atoms with Crippen LogP contribution in [0.15, 0.2) is 96.1 Å². The van der Waals surface area contributed by atoms with E-state index in [1.807, 2.05) is 74.5 Å². The van der Waals surface area contributed by atoms with Gasteiger partial charge in [0.1, 0.15) is 11.9 Å². The van der Waals surface area contributed by atoms with Crippen LogP contribution in [0.3, 0.4) is 0 Å². The second-order valence-corrected chi connectivity index (χ2v) is 9.69. The van der Waals surface area contributed by atoms with Gasteiger partial charge >= 0.3 is 11.7 Å². The molecule has 2 heterocycles. The number of hydrogen-bond donors (Lipinski definition) is 0. The summed E-state index contributed by atoms with van der Waals surface area (Å²) >= 11 is 0. The second-order valence-electron chi connectivity index (χ2n) is 9.69. The summed E-state index contributed by atoms with van der Waals surface area (Å²) in [5, 5.41) is 0. The Bertz CT molecular complexity index is 1460. The molecule has 0 bridgehead atoms. The van der Waals surface area contributed by atoms with Gasteiger partial charge in [-0.25, -0.2) is 14.0 Å². The Morgan fingerprint density at radius 1 is 0.872 bits per heavy atom. The van der Waals surface area contributed by atoms with Crippen LogP contribution in [0.4, 0.5) is 10.1 Å². The van der Waals surface area contributed by atoms with Crippen LogP contribution in [-0.2, 0) is 9.53 Å². The van der Waals surface area contributed by atoms with Gasteiger partial charge in [0.15, 0.2) is 0 Å². The van der Waals surface area contributed by atoms with Crippen LogP contribution in [-0.4, -0.2) is 52.8 Å². The highest BCUT2D eigenvalue weighted by atomic mass is 19.1. The van der Waals surface area contributed by atoms with Gasteiger partial charge in [0.2, 0.25) is 0 Å². The van der Waals surface area contributed by atoms with E-state index in [9.17, 15) is 14.0 Å². The summed E-state index contributed by atoms with van der Waals surface area (Å²) in [5.74, 6) is -0.537. The normalized spacial score (nSPS) is 15.6. The minimum Gasteiger partial charge on any atom is -0.465 e. The van der Waals surface area contributed by atoms with Crippen molar-refractivity contribution in [2.24, 2.45) is 0 Å². The van der Waals surface area contributed by atoms with Crippen molar-refractivity contribution in [1.82, 2.24) is 14.0 Å². The molecule has 2 unspecified atom stereocenters. The van der Waals surface area contributed by atoms with Gasteiger partial charge in [-0.1, -0.05) is 42.5 Å². The van der Waals surface area contributed by atoms with Gasteiger partial charge in [0, 0.05) is 44.3 Å². The third kappa shape index (κ3) is 5.66. The molecule has 0 radical (unpaired) electrons. The van der Waals surface area contributed by atoms with Crippen molar-refractivity contribution in [1.29, 1.82) is 0 Å². The lowest BCUT2D eigenvalue weighted by Crippen LogP contribution is -2.49. The van der Waals surface area contributed by atoms with E-state index in [0.717, 1.165) is 48.7 Å². The second kappa shape index (κ2) is 11.7. The van der Waals surface area contributed by atoms with Crippen LogP contribution >= 0.6 is 0 Å². The molecule has 0 spiro atoms. The summed E-state index contributed by atoms with van der Waals surface area (Å²) in [6.45, 7) is 7.04. The molecule has 5 rings (SSSR count). The highest BCUT2D eigenvalue weighted by molar-refractivity contribution is 5.77. The molecule has 4 aromatic rings. The Balaban J connectivity index is 1.27. The van der Waals surface area contributed by atoms with E-state index < -0.39 is 6.04 Å². The van der Waals surface area contributed by atoms with Crippen LogP contribution in [0.2, 0.25) is 0 Å². The molecule has 0 N–H and O–H groups in total. The Morgan fingerprint density at radius 3 is 2.21 bits per heavy atom. The average molecular weight is 529 g/mol. The summed E-state index contributed by atoms with van der Waals surface area (Å²) < 4.78 is 22.3. The zero-order chi connectivity index (χ0) is 27.4. The number of esters is 1. The number of hydrogen-bond acceptors (Lipinski definition) is 5. The highest BCUT2D eigenvalue weighted by Gasteiger charge is 2.31. The molecule has 1 aromatic heterocycles. The number of imidazole rings is 1. The average Bonchev–Trinajstić information content (AvgIpc) is 3.35. The highest BCUT2D eigenvalue weighted by Crippen LogP contribution is 2.26. The molecular formula is C31H33FN4O3. The molecule has 39 heavy (non-hydrogen) atoms. The summed E-state index contributed by atoms with van der Waals surface area (Å²) in [5.41, 5.74) is 3.32. The fourth-order valence-electron chi connectivity index (χ4n) is 5.22. The van der Waals surface area contributed by atoms with Gasteiger partial charge in [-0.05, 0) is 61.4 Å². The number of aromatic nitrogens is 2. The van der Waals surface area contributed by atoms with Crippen LogP contribution in [0.5, 0.6) is 0 Å². The fourth-order valence-corrected chi connectivity index (χ4v) is 5.22. The molecule has 8 heteroatoms. The van der Waals surface area contributed by atoms with Crippen LogP contribution in [0.25, 0.3) is 5.69 Å². The van der Waals surface area contributed by atoms with E-state index in [1.54, 1.807) is 27.6 Å². The number of carbonyl (C=O) groups excluding carboxylic acids is 1. The quantitative estimate of drug-likeness (QED) is 0.307. The lowest BCUT2D eigenvalue weighted by atomic mass is 10.0. The molecule has 1 aliphatic rings. The van der Waals surface area contributed by atoms with Crippen LogP contribution in [0, 0.1) is 5.82 Å². The third-order valence-corrected chi connectivity index (χ3v) is 7.35. The van der Waals surface area contributed by atoms with Crippen molar-refractivity contribution < 1.29 is 13.9 Å². The van der Waals surface area contributed by atoms with Gasteiger partial charge in [-0.2, -0.15) is 0 Å². The molecule has 2 atom stereocenters. The van der Waals surface area contributed by atoms with Crippen LogP contribution < -0.4 is 10.6 Å². The Labute approximate surface area is 227 Å². The first-order valence-electron chi connectivity index (χ1n) is 13.3. The summed E-state index contributed by atoms with van der Waals surface area (Å²) in [7, 11) is 0. The first kappa shape index (κ1) is 26.4. The van der Waals surface area contributed by atoms with Crippen molar-refractivity contribution in [3.63, 3.8) is 0 Å². The molecule has 0 amide bonds. The van der Waals surface area contributed by atoms with Gasteiger partial charge in [0.25, 0.3) is 0 Å². The number of benzene rings is 3. The van der Waals surface area contributed by atoms with Gasteiger partial charge in [0.05, 0.1) is 18.3 Å². The van der Waals surface area contributed by atoms with Crippen LogP contribution in [0.1, 0.15) is 37.1 Å². The van der Waals surface area contributed by atoms with Crippen molar-refractivity contribution in [2.45, 2.75) is 25.9 Å². The minimum atomic E-state index is -0.415. The first-order valence-corrected chi connectivity index (χ1v) is 13.3. The number of ether oxygens (including phenoxy) is 1. The van der Waals surface area contributed by atoms with E-state index in [1.165, 1.54) is 12.1 Å². The van der Waals surface area contributed by atoms with E-state index >= 15 is 0 Å². The summed E-state index contributed by atoms with van der Waals surface area (Å²) in [6, 6.07) is 23.3. The first-order chi connectivity index (χ1) is 19.0. The Morgan fingerprint density at radius 2 is 1.54 bits per heavy atom. The predicted molar refractivity (Wildman–Crippen MR) is 150 cm³/mol. The fraction of sp³-hybridized carbons (Fsp3) is 0.290. The van der Waals surface area contributed by atoms with Gasteiger partial charge < -0.3 is 9.64 Å². The Hall–Kier alpha value is -4.17. The van der Waals surface area contributed by atoms with Crippen molar-refractivity contribution in [2.75, 3.05) is 37.7 Å². The molecule has 1 aliphatic heterocycles. The molecule has 0 aliphatic carbocycles. The molecule has 3 aromatic carbocycles. The minimum absolute atomic E-state index is 0.181. The third-order valence-electron chi connectivity index (χ3n) is 7.35. The van der Waals surface area contributed by atoms with Crippen molar-refractivity contribution in [3.05, 3.63) is 119 Å². The maximum atomic E-state index is 13.7. The number of carbonyl (C=O) groups is 1. The van der Waals surface area contributed by atoms with Gasteiger partial charge in [-0.15, -0.1) is 0 Å². The topological polar surface area (TPSA) is 59.7 Å². The zero-order valence-corrected chi connectivity index (χ0v) is 22.2. The summed E-state index contributed by atoms with van der Waals surface area (Å²) in [6.07, 6.45) is 3.47. The largest absolute Gasteiger partial charge is 0.465 e. The molecule has 202 valence electrons. The van der Waals surface area contributed by atoms with Crippen molar-refractivity contribution >= 4 is 11.7 Å². The zero-order valence-electron chi connectivity index (χ0n) is 22.2. The van der Waals surface area contributed by atoms with E-state index in [0.29, 0.717) is 6.61 Å². The molecule has 1 saturated heterocycles. The molecule has 7 nitrogen and oxygen atoms in total. The smallest absolute Gasteiger partial charge is 0.333 e. The number of rotatable bonds is 8. The number of halogens is 1. The van der Waals surface area contributed by atoms with E-state index in [2.05, 4.69) is 9.80 Å². The number of piperazine rings is 1. The molecular weight excluding hydrogens is 495 g/mol. The maximum absolute atomic E-state index is 13.7. The number of anilines is 1. The van der Waals surface area contributed by atoms with E-state index in [-0.39, 0.29) is 23.5 Å². The monoisotopic (exact) mass is 528 g/mol. The molecule has 1 fully saturated rings. The Kier molecular flexibility index (Phi) is 7.93. The SMILES string of the molecule is CCOC(=O)C(c1ccccc1)N1CCN(c2ccc(-n3ccn(C(C)c4cccc(F)c4)c3=O)cc2)CC1. The predicted octanol–water partition coefficient (Wildman–Crippen LogP) is 4.81.